The molecule has 12 heteroatoms. The van der Waals surface area contributed by atoms with E-state index in [2.05, 4.69) is 14.5 Å². The number of nitrogens with zero attached hydrogens (tertiary/aromatic N) is 3. The molecule has 11 nitrogen and oxygen atoms in total. The Morgan fingerprint density at radius 1 is 1.35 bits per heavy atom. The number of amides is 3. The van der Waals surface area contributed by atoms with Crippen molar-refractivity contribution < 1.29 is 26.8 Å². The molecule has 3 saturated heterocycles. The average Bonchev–Trinajstić information content (AvgIpc) is 3.14. The van der Waals surface area contributed by atoms with E-state index in [1.165, 1.54) is 4.90 Å². The molecule has 3 amide bonds. The van der Waals surface area contributed by atoms with Crippen LogP contribution in [0.4, 0.5) is 4.79 Å². The summed E-state index contributed by atoms with van der Waals surface area (Å²) in [4.78, 5) is 28.2. The zero-order valence-corrected chi connectivity index (χ0v) is 15.2. The molecule has 26 heavy (non-hydrogen) atoms. The van der Waals surface area contributed by atoms with Crippen LogP contribution >= 0.6 is 0 Å². The first kappa shape index (κ1) is 19.0. The van der Waals surface area contributed by atoms with E-state index in [-0.39, 0.29) is 24.2 Å². The van der Waals surface area contributed by atoms with E-state index in [1.54, 1.807) is 0 Å². The Labute approximate surface area is 151 Å². The number of piperidine rings is 1. The fourth-order valence-electron chi connectivity index (χ4n) is 3.78. The van der Waals surface area contributed by atoms with Gasteiger partial charge in [0.25, 0.3) is 0 Å². The Balaban J connectivity index is 1.61. The van der Waals surface area contributed by atoms with Crippen molar-refractivity contribution in [2.45, 2.75) is 38.3 Å². The van der Waals surface area contributed by atoms with Crippen molar-refractivity contribution in [2.75, 3.05) is 26.2 Å². The lowest BCUT2D eigenvalue weighted by Crippen LogP contribution is -2.51. The largest absolute Gasteiger partial charge is 0.418 e. The zero-order valence-electron chi connectivity index (χ0n) is 14.4. The van der Waals surface area contributed by atoms with Crippen molar-refractivity contribution in [1.29, 1.82) is 5.41 Å². The summed E-state index contributed by atoms with van der Waals surface area (Å²) < 4.78 is 34.9. The Kier molecular flexibility index (Phi) is 5.19. The summed E-state index contributed by atoms with van der Waals surface area (Å²) in [6.07, 6.45) is 1.53. The summed E-state index contributed by atoms with van der Waals surface area (Å²) in [6, 6.07) is -1.91. The van der Waals surface area contributed by atoms with Crippen LogP contribution in [0.5, 0.6) is 0 Å². The van der Waals surface area contributed by atoms with Crippen LogP contribution in [0.25, 0.3) is 0 Å². The molecule has 0 aliphatic carbocycles. The van der Waals surface area contributed by atoms with Crippen LogP contribution in [-0.2, 0) is 19.5 Å². The normalized spacial score (nSPS) is 29.3. The second-order valence-corrected chi connectivity index (χ2v) is 7.80. The molecule has 0 aromatic heterocycles. The van der Waals surface area contributed by atoms with Gasteiger partial charge < -0.3 is 15.1 Å². The lowest BCUT2D eigenvalue weighted by molar-refractivity contribution is -0.123. The maximum Gasteiger partial charge on any atom is 0.418 e. The Bertz CT molecular complexity index is 713. The number of urea groups is 1. The molecule has 3 aliphatic rings. The predicted octanol–water partition coefficient (Wildman–Crippen LogP) is -0.575. The van der Waals surface area contributed by atoms with Gasteiger partial charge in [0.05, 0.1) is 18.0 Å². The minimum atomic E-state index is -4.80. The van der Waals surface area contributed by atoms with Crippen LogP contribution in [0, 0.1) is 11.3 Å². The molecule has 3 fully saturated rings. The van der Waals surface area contributed by atoms with E-state index in [0.29, 0.717) is 24.4 Å². The monoisotopic (exact) mass is 389 g/mol. The zero-order chi connectivity index (χ0) is 19.1. The maximum atomic E-state index is 12.4. The summed E-state index contributed by atoms with van der Waals surface area (Å²) in [7, 11) is -4.80. The third kappa shape index (κ3) is 3.82. The van der Waals surface area contributed by atoms with Crippen LogP contribution in [-0.4, -0.2) is 83.9 Å². The first-order valence-electron chi connectivity index (χ1n) is 8.58. The van der Waals surface area contributed by atoms with Crippen LogP contribution < -0.4 is 5.32 Å². The summed E-state index contributed by atoms with van der Waals surface area (Å²) in [6.45, 7) is 4.57. The molecule has 0 aromatic carbocycles. The number of rotatable bonds is 5. The van der Waals surface area contributed by atoms with Crippen LogP contribution in [0.1, 0.15) is 26.2 Å². The highest BCUT2D eigenvalue weighted by atomic mass is 32.3. The third-order valence-corrected chi connectivity index (χ3v) is 5.53. The Morgan fingerprint density at radius 3 is 2.69 bits per heavy atom. The SMILES string of the molecule is CCN1CCC(C(=O)NC(=N)[C@@H]2CC[C@@H]3CN2C(=O)N3OS(=O)(=O)O)C1. The molecule has 1 unspecified atom stereocenters. The quantitative estimate of drug-likeness (QED) is 0.324. The number of carbonyl (C=O) groups excluding carboxylic acids is 2. The molecule has 3 N–H and O–H groups in total. The molecule has 0 aromatic rings. The molecule has 3 aliphatic heterocycles. The highest BCUT2D eigenvalue weighted by molar-refractivity contribution is 7.80. The van der Waals surface area contributed by atoms with Gasteiger partial charge in [0, 0.05) is 13.1 Å². The molecule has 3 atom stereocenters. The lowest BCUT2D eigenvalue weighted by atomic mass is 9.99. The van der Waals surface area contributed by atoms with E-state index in [1.807, 2.05) is 6.92 Å². The van der Waals surface area contributed by atoms with E-state index in [0.717, 1.165) is 19.5 Å². The minimum Gasteiger partial charge on any atom is -0.313 e. The first-order chi connectivity index (χ1) is 12.2. The van der Waals surface area contributed by atoms with Gasteiger partial charge in [0.2, 0.25) is 5.91 Å². The molecule has 0 saturated carbocycles. The minimum absolute atomic E-state index is 0.0783. The third-order valence-electron chi connectivity index (χ3n) is 5.18. The molecular weight excluding hydrogens is 366 g/mol. The van der Waals surface area contributed by atoms with Gasteiger partial charge in [-0.05, 0) is 32.4 Å². The van der Waals surface area contributed by atoms with Gasteiger partial charge in [-0.15, -0.1) is 4.28 Å². The Hall–Kier alpha value is -1.76. The molecule has 0 spiro atoms. The second kappa shape index (κ2) is 7.10. The van der Waals surface area contributed by atoms with Gasteiger partial charge in [-0.1, -0.05) is 6.92 Å². The smallest absolute Gasteiger partial charge is 0.313 e. The number of hydrogen-bond acceptors (Lipinski definition) is 7. The predicted molar refractivity (Wildman–Crippen MR) is 89.5 cm³/mol. The van der Waals surface area contributed by atoms with Crippen molar-refractivity contribution in [1.82, 2.24) is 20.2 Å². The Morgan fingerprint density at radius 2 is 2.08 bits per heavy atom. The van der Waals surface area contributed by atoms with Crippen molar-refractivity contribution in [2.24, 2.45) is 5.92 Å². The topological polar surface area (TPSA) is 143 Å². The fraction of sp³-hybridized carbons (Fsp3) is 0.786. The number of hydroxylamine groups is 2. The number of nitrogens with one attached hydrogen (secondary N) is 2. The van der Waals surface area contributed by atoms with Gasteiger partial charge in [-0.25, -0.2) is 4.79 Å². The molecule has 0 radical (unpaired) electrons. The van der Waals surface area contributed by atoms with E-state index < -0.39 is 28.5 Å². The number of carbonyl (C=O) groups is 2. The van der Waals surface area contributed by atoms with E-state index in [4.69, 9.17) is 9.96 Å². The fourth-order valence-corrected chi connectivity index (χ4v) is 4.17. The molecule has 3 heterocycles. The summed E-state index contributed by atoms with van der Waals surface area (Å²) in [5.74, 6) is -0.489. The van der Waals surface area contributed by atoms with Gasteiger partial charge in [0.1, 0.15) is 5.84 Å². The first-order valence-corrected chi connectivity index (χ1v) is 9.94. The van der Waals surface area contributed by atoms with Crippen molar-refractivity contribution in [3.05, 3.63) is 0 Å². The number of likely N-dealkylation sites (tertiary alicyclic amines) is 1. The lowest BCUT2D eigenvalue weighted by Gasteiger charge is -2.31. The highest BCUT2D eigenvalue weighted by Crippen LogP contribution is 2.30. The van der Waals surface area contributed by atoms with E-state index in [9.17, 15) is 18.0 Å². The van der Waals surface area contributed by atoms with E-state index >= 15 is 0 Å². The number of hydrogen-bond donors (Lipinski definition) is 3. The van der Waals surface area contributed by atoms with Gasteiger partial charge in [0.15, 0.2) is 0 Å². The summed E-state index contributed by atoms with van der Waals surface area (Å²) in [5.41, 5.74) is 0. The van der Waals surface area contributed by atoms with Gasteiger partial charge >= 0.3 is 16.4 Å². The van der Waals surface area contributed by atoms with Gasteiger partial charge in [-0.3, -0.25) is 14.8 Å². The van der Waals surface area contributed by atoms with Crippen LogP contribution in [0.15, 0.2) is 0 Å². The van der Waals surface area contributed by atoms with Crippen molar-refractivity contribution >= 4 is 28.2 Å². The number of amidine groups is 1. The summed E-state index contributed by atoms with van der Waals surface area (Å²) in [5, 5.41) is 11.4. The molecule has 2 bridgehead atoms. The molecule has 3 rings (SSSR count). The van der Waals surface area contributed by atoms with Crippen LogP contribution in [0.2, 0.25) is 0 Å². The standard InChI is InChI=1S/C14H23N5O6S/c1-2-17-6-5-9(7-17)13(20)16-12(15)11-4-3-10-8-18(11)14(21)19(10)25-26(22,23)24/h9-11H,2-8H2,1H3,(H2,15,16,20)(H,22,23,24)/t9?,10-,11+/m1/s1. The molecule has 146 valence electrons. The maximum absolute atomic E-state index is 12.4. The second-order valence-electron chi connectivity index (χ2n) is 6.79. The average molecular weight is 389 g/mol. The molecular formula is C14H23N5O6S. The van der Waals surface area contributed by atoms with Crippen LogP contribution in [0.3, 0.4) is 0 Å². The van der Waals surface area contributed by atoms with Gasteiger partial charge in [-0.2, -0.15) is 13.5 Å². The number of fused-ring (bicyclic) bond motifs is 2. The van der Waals surface area contributed by atoms with Crippen molar-refractivity contribution in [3.63, 3.8) is 0 Å². The highest BCUT2D eigenvalue weighted by Gasteiger charge is 2.48. The van der Waals surface area contributed by atoms with Crippen molar-refractivity contribution in [3.8, 4) is 0 Å². The summed E-state index contributed by atoms with van der Waals surface area (Å²) >= 11 is 0.